The van der Waals surface area contributed by atoms with Crippen LogP contribution in [0, 0.1) is 5.41 Å². The molecule has 0 spiro atoms. The lowest BCUT2D eigenvalue weighted by Crippen LogP contribution is -2.16. The standard InChI is InChI=1S/C5H6Cl2O2.FH/c1-4(3(8)9)2-5(4,6)7;/h2H2,1H3,(H,8,9);1H. The highest BCUT2D eigenvalue weighted by molar-refractivity contribution is 6.53. The number of halogens is 3. The molecule has 2 nitrogen and oxygen atoms in total. The van der Waals surface area contributed by atoms with E-state index < -0.39 is 15.7 Å². The highest BCUT2D eigenvalue weighted by Gasteiger charge is 2.68. The van der Waals surface area contributed by atoms with E-state index in [9.17, 15) is 4.79 Å². The summed E-state index contributed by atoms with van der Waals surface area (Å²) in [6, 6.07) is 0. The second-order valence-corrected chi connectivity index (χ2v) is 4.00. The maximum absolute atomic E-state index is 10.3. The van der Waals surface area contributed by atoms with E-state index in [-0.39, 0.29) is 4.70 Å². The second-order valence-electron chi connectivity index (χ2n) is 2.52. The van der Waals surface area contributed by atoms with Crippen LogP contribution < -0.4 is 0 Å². The lowest BCUT2D eigenvalue weighted by molar-refractivity contribution is -0.142. The molecule has 60 valence electrons. The van der Waals surface area contributed by atoms with E-state index in [0.717, 1.165) is 0 Å². The highest BCUT2D eigenvalue weighted by atomic mass is 35.5. The van der Waals surface area contributed by atoms with Crippen LogP contribution in [0.25, 0.3) is 0 Å². The fourth-order valence-corrected chi connectivity index (χ4v) is 1.33. The fourth-order valence-electron chi connectivity index (χ4n) is 0.632. The Hall–Kier alpha value is -0.0200. The van der Waals surface area contributed by atoms with Crippen LogP contribution in [0.5, 0.6) is 0 Å². The van der Waals surface area contributed by atoms with Crippen molar-refractivity contribution in [2.45, 2.75) is 17.7 Å². The molecule has 5 heteroatoms. The Kier molecular flexibility index (Phi) is 2.23. The predicted molar refractivity (Wildman–Crippen MR) is 37.3 cm³/mol. The van der Waals surface area contributed by atoms with Crippen molar-refractivity contribution in [2.75, 3.05) is 0 Å². The van der Waals surface area contributed by atoms with Gasteiger partial charge in [-0.2, -0.15) is 0 Å². The van der Waals surface area contributed by atoms with Gasteiger partial charge in [0.2, 0.25) is 0 Å². The van der Waals surface area contributed by atoms with Gasteiger partial charge in [-0.05, 0) is 6.92 Å². The smallest absolute Gasteiger partial charge is 0.312 e. The third-order valence-corrected chi connectivity index (χ3v) is 2.83. The van der Waals surface area contributed by atoms with Crippen LogP contribution in [0.3, 0.4) is 0 Å². The lowest BCUT2D eigenvalue weighted by atomic mass is 10.1. The molecule has 1 N–H and O–H groups in total. The maximum atomic E-state index is 10.3. The number of aliphatic carboxylic acids is 1. The first-order valence-corrected chi connectivity index (χ1v) is 3.27. The molecule has 0 aromatic carbocycles. The Morgan fingerprint density at radius 3 is 1.90 bits per heavy atom. The average molecular weight is 189 g/mol. The van der Waals surface area contributed by atoms with Gasteiger partial charge in [0.25, 0.3) is 0 Å². The molecule has 0 bridgehead atoms. The zero-order valence-corrected chi connectivity index (χ0v) is 6.74. The van der Waals surface area contributed by atoms with Crippen molar-refractivity contribution < 1.29 is 14.6 Å². The van der Waals surface area contributed by atoms with Gasteiger partial charge in [0.15, 0.2) is 0 Å². The number of rotatable bonds is 1. The first-order chi connectivity index (χ1) is 3.90. The van der Waals surface area contributed by atoms with Gasteiger partial charge < -0.3 is 5.11 Å². The van der Waals surface area contributed by atoms with E-state index in [1.165, 1.54) is 6.92 Å². The van der Waals surface area contributed by atoms with Crippen molar-refractivity contribution in [3.63, 3.8) is 0 Å². The Balaban J connectivity index is 0.000000810. The lowest BCUT2D eigenvalue weighted by Gasteiger charge is -2.02. The van der Waals surface area contributed by atoms with Crippen LogP contribution in [0.2, 0.25) is 0 Å². The average Bonchev–Trinajstić information content (AvgIpc) is 2.08. The van der Waals surface area contributed by atoms with E-state index >= 15 is 0 Å². The molecule has 10 heavy (non-hydrogen) atoms. The molecule has 1 unspecified atom stereocenters. The van der Waals surface area contributed by atoms with Gasteiger partial charge >= 0.3 is 5.97 Å². The van der Waals surface area contributed by atoms with Gasteiger partial charge in [-0.15, -0.1) is 23.2 Å². The minimum atomic E-state index is -1.03. The molecule has 1 fully saturated rings. The summed E-state index contributed by atoms with van der Waals surface area (Å²) in [7, 11) is 0. The van der Waals surface area contributed by atoms with Gasteiger partial charge in [0, 0.05) is 6.42 Å². The van der Waals surface area contributed by atoms with E-state index in [1.54, 1.807) is 0 Å². The molecule has 1 aliphatic rings. The minimum absolute atomic E-state index is 0. The SMILES string of the molecule is CC1(C(=O)O)CC1(Cl)Cl.F. The molecule has 1 aliphatic carbocycles. The molecule has 1 rings (SSSR count). The molecule has 0 heterocycles. The Morgan fingerprint density at radius 2 is 1.90 bits per heavy atom. The number of hydrogen-bond donors (Lipinski definition) is 1. The van der Waals surface area contributed by atoms with Crippen LogP contribution in [-0.2, 0) is 4.79 Å². The number of carboxylic acids is 1. The number of hydrogen-bond acceptors (Lipinski definition) is 1. The van der Waals surface area contributed by atoms with Gasteiger partial charge in [-0.3, -0.25) is 9.50 Å². The number of alkyl halides is 2. The molecule has 0 aliphatic heterocycles. The topological polar surface area (TPSA) is 37.3 Å². The third kappa shape index (κ3) is 1.08. The maximum Gasteiger partial charge on any atom is 0.312 e. The molecule has 0 aromatic heterocycles. The summed E-state index contributed by atoms with van der Waals surface area (Å²) in [6.07, 6.45) is 0.346. The molecule has 0 amide bonds. The summed E-state index contributed by atoms with van der Waals surface area (Å²) in [6.45, 7) is 1.54. The Bertz CT molecular complexity index is 171. The van der Waals surface area contributed by atoms with Crippen molar-refractivity contribution in [1.29, 1.82) is 0 Å². The summed E-state index contributed by atoms with van der Waals surface area (Å²) in [5, 5.41) is 8.48. The fraction of sp³-hybridized carbons (Fsp3) is 0.800. The Morgan fingerprint density at radius 1 is 1.60 bits per heavy atom. The van der Waals surface area contributed by atoms with Gasteiger partial charge in [-0.1, -0.05) is 0 Å². The van der Waals surface area contributed by atoms with Crippen molar-refractivity contribution in [2.24, 2.45) is 5.41 Å². The Labute approximate surface area is 67.5 Å². The molecule has 0 saturated heterocycles. The zero-order chi connectivity index (χ0) is 7.28. The second kappa shape index (κ2) is 2.24. The summed E-state index contributed by atoms with van der Waals surface area (Å²) in [5.41, 5.74) is -0.907. The highest BCUT2D eigenvalue weighted by Crippen LogP contribution is 2.63. The number of carbonyl (C=O) groups is 1. The summed E-state index contributed by atoms with van der Waals surface area (Å²) in [5.74, 6) is -0.924. The van der Waals surface area contributed by atoms with Crippen LogP contribution in [0.1, 0.15) is 13.3 Å². The molecule has 0 aromatic rings. The molecular weight excluding hydrogens is 182 g/mol. The summed E-state index contributed by atoms with van der Waals surface area (Å²) < 4.78 is -1.03. The van der Waals surface area contributed by atoms with Crippen LogP contribution in [-0.4, -0.2) is 15.4 Å². The predicted octanol–water partition coefficient (Wildman–Crippen LogP) is 1.81. The first kappa shape index (κ1) is 9.98. The summed E-state index contributed by atoms with van der Waals surface area (Å²) in [4.78, 5) is 10.3. The van der Waals surface area contributed by atoms with Gasteiger partial charge in [0.05, 0.1) is 0 Å². The van der Waals surface area contributed by atoms with Crippen molar-refractivity contribution in [3.05, 3.63) is 0 Å². The van der Waals surface area contributed by atoms with E-state index in [1.807, 2.05) is 0 Å². The number of carboxylic acid groups (broad SMARTS) is 1. The largest absolute Gasteiger partial charge is 0.481 e. The molecular formula is C5H7Cl2FO2. The summed E-state index contributed by atoms with van der Waals surface area (Å²) >= 11 is 11.1. The third-order valence-electron chi connectivity index (χ3n) is 1.73. The zero-order valence-electron chi connectivity index (χ0n) is 5.23. The normalized spacial score (nSPS) is 34.3. The van der Waals surface area contributed by atoms with Crippen LogP contribution >= 0.6 is 23.2 Å². The molecule has 1 atom stereocenters. The molecule has 0 radical (unpaired) electrons. The van der Waals surface area contributed by atoms with Gasteiger partial charge in [0.1, 0.15) is 9.75 Å². The van der Waals surface area contributed by atoms with Gasteiger partial charge in [-0.25, -0.2) is 0 Å². The van der Waals surface area contributed by atoms with Crippen LogP contribution in [0.15, 0.2) is 0 Å². The quantitative estimate of drug-likeness (QED) is 0.638. The molecule has 1 saturated carbocycles. The van der Waals surface area contributed by atoms with Crippen LogP contribution in [0.4, 0.5) is 4.70 Å². The van der Waals surface area contributed by atoms with Crippen molar-refractivity contribution in [3.8, 4) is 0 Å². The van der Waals surface area contributed by atoms with Crippen molar-refractivity contribution >= 4 is 29.2 Å². The van der Waals surface area contributed by atoms with E-state index in [4.69, 9.17) is 28.3 Å². The van der Waals surface area contributed by atoms with E-state index in [0.29, 0.717) is 6.42 Å². The van der Waals surface area contributed by atoms with E-state index in [2.05, 4.69) is 0 Å². The minimum Gasteiger partial charge on any atom is -0.481 e. The monoisotopic (exact) mass is 188 g/mol. The van der Waals surface area contributed by atoms with Crippen molar-refractivity contribution in [1.82, 2.24) is 0 Å². The first-order valence-electron chi connectivity index (χ1n) is 2.51.